The van der Waals surface area contributed by atoms with Crippen molar-refractivity contribution in [3.05, 3.63) is 40.4 Å². The molecule has 0 N–H and O–H groups in total. The van der Waals surface area contributed by atoms with E-state index >= 15 is 0 Å². The van der Waals surface area contributed by atoms with E-state index < -0.39 is 0 Å². The molecule has 102 valence electrons. The van der Waals surface area contributed by atoms with Crippen molar-refractivity contribution in [3.63, 3.8) is 0 Å². The summed E-state index contributed by atoms with van der Waals surface area (Å²) in [5, 5.41) is 17.6. The number of fused-ring (bicyclic) bond motifs is 1. The van der Waals surface area contributed by atoms with E-state index in [9.17, 15) is 0 Å². The fourth-order valence-electron chi connectivity index (χ4n) is 2.30. The molecule has 3 rings (SSSR count). The number of halogens is 1. The van der Waals surface area contributed by atoms with Crippen LogP contribution in [0.5, 0.6) is 5.75 Å². The third kappa shape index (κ3) is 2.47. The Morgan fingerprint density at radius 1 is 1.35 bits per heavy atom. The molecule has 20 heavy (non-hydrogen) atoms. The molecule has 0 saturated carbocycles. The number of benzene rings is 1. The number of aryl methyl sites for hydroxylation is 1. The first kappa shape index (κ1) is 12.9. The van der Waals surface area contributed by atoms with E-state index in [0.717, 1.165) is 31.0 Å². The number of aromatic nitrogens is 3. The summed E-state index contributed by atoms with van der Waals surface area (Å²) < 4.78 is 7.80. The van der Waals surface area contributed by atoms with Gasteiger partial charge >= 0.3 is 0 Å². The molecule has 2 aromatic rings. The SMILES string of the molecule is N#Cc1ccc(OCc2nnc3n2CCCC3)cc1Cl. The monoisotopic (exact) mass is 288 g/mol. The standard InChI is InChI=1S/C14H13ClN4O/c15-12-7-11(5-4-10(12)8-16)20-9-14-18-17-13-3-1-2-6-19(13)14/h4-5,7H,1-3,6,9H2. The summed E-state index contributed by atoms with van der Waals surface area (Å²) in [6.45, 7) is 1.31. The van der Waals surface area contributed by atoms with Gasteiger partial charge in [-0.25, -0.2) is 0 Å². The number of hydrogen-bond acceptors (Lipinski definition) is 4. The molecule has 0 saturated heterocycles. The molecule has 6 heteroatoms. The summed E-state index contributed by atoms with van der Waals surface area (Å²) in [7, 11) is 0. The topological polar surface area (TPSA) is 63.7 Å². The van der Waals surface area contributed by atoms with Crippen LogP contribution in [0.2, 0.25) is 5.02 Å². The van der Waals surface area contributed by atoms with Crippen LogP contribution in [0.1, 0.15) is 30.1 Å². The van der Waals surface area contributed by atoms with E-state index in [1.165, 1.54) is 6.42 Å². The van der Waals surface area contributed by atoms with Crippen LogP contribution in [-0.4, -0.2) is 14.8 Å². The van der Waals surface area contributed by atoms with Crippen molar-refractivity contribution in [1.82, 2.24) is 14.8 Å². The molecule has 0 amide bonds. The molecule has 0 fully saturated rings. The van der Waals surface area contributed by atoms with Crippen molar-refractivity contribution in [2.45, 2.75) is 32.4 Å². The second kappa shape index (κ2) is 5.51. The quantitative estimate of drug-likeness (QED) is 0.871. The maximum Gasteiger partial charge on any atom is 0.171 e. The second-order valence-corrected chi connectivity index (χ2v) is 5.09. The lowest BCUT2D eigenvalue weighted by Gasteiger charge is -2.15. The molecule has 0 spiro atoms. The van der Waals surface area contributed by atoms with Gasteiger partial charge < -0.3 is 9.30 Å². The molecule has 0 bridgehead atoms. The van der Waals surface area contributed by atoms with Gasteiger partial charge in [-0.05, 0) is 25.0 Å². The Morgan fingerprint density at radius 2 is 2.25 bits per heavy atom. The van der Waals surface area contributed by atoms with E-state index in [1.807, 2.05) is 6.07 Å². The lowest BCUT2D eigenvalue weighted by Crippen LogP contribution is -2.14. The fraction of sp³-hybridized carbons (Fsp3) is 0.357. The fourth-order valence-corrected chi connectivity index (χ4v) is 2.51. The largest absolute Gasteiger partial charge is 0.486 e. The van der Waals surface area contributed by atoms with Crippen molar-refractivity contribution < 1.29 is 4.74 Å². The zero-order valence-electron chi connectivity index (χ0n) is 10.8. The Hall–Kier alpha value is -2.06. The maximum atomic E-state index is 8.82. The van der Waals surface area contributed by atoms with Crippen molar-refractivity contribution >= 4 is 11.6 Å². The van der Waals surface area contributed by atoms with Gasteiger partial charge in [-0.1, -0.05) is 11.6 Å². The third-order valence-corrected chi connectivity index (χ3v) is 3.68. The van der Waals surface area contributed by atoms with Crippen LogP contribution in [0.15, 0.2) is 18.2 Å². The Morgan fingerprint density at radius 3 is 3.05 bits per heavy atom. The number of rotatable bonds is 3. The van der Waals surface area contributed by atoms with Gasteiger partial charge in [0.15, 0.2) is 5.82 Å². The summed E-state index contributed by atoms with van der Waals surface area (Å²) in [5.41, 5.74) is 0.443. The highest BCUT2D eigenvalue weighted by atomic mass is 35.5. The molecule has 5 nitrogen and oxygen atoms in total. The molecule has 0 unspecified atom stereocenters. The first-order valence-corrected chi connectivity index (χ1v) is 6.89. The smallest absolute Gasteiger partial charge is 0.171 e. The Bertz CT molecular complexity index is 674. The van der Waals surface area contributed by atoms with E-state index in [2.05, 4.69) is 14.8 Å². The molecule has 0 atom stereocenters. The van der Waals surface area contributed by atoms with E-state index in [0.29, 0.717) is 22.9 Å². The minimum absolute atomic E-state index is 0.356. The highest BCUT2D eigenvalue weighted by Crippen LogP contribution is 2.23. The molecule has 1 aliphatic heterocycles. The van der Waals surface area contributed by atoms with Gasteiger partial charge in [-0.3, -0.25) is 0 Å². The second-order valence-electron chi connectivity index (χ2n) is 4.68. The van der Waals surface area contributed by atoms with Crippen molar-refractivity contribution in [2.24, 2.45) is 0 Å². The molecule has 0 radical (unpaired) electrons. The van der Waals surface area contributed by atoms with Gasteiger partial charge in [-0.2, -0.15) is 5.26 Å². The Kier molecular flexibility index (Phi) is 3.57. The molecule has 1 aromatic heterocycles. The molecular weight excluding hydrogens is 276 g/mol. The van der Waals surface area contributed by atoms with Crippen LogP contribution in [0, 0.1) is 11.3 Å². The first-order chi connectivity index (χ1) is 9.78. The zero-order valence-corrected chi connectivity index (χ0v) is 11.6. The van der Waals surface area contributed by atoms with Crippen molar-refractivity contribution in [3.8, 4) is 11.8 Å². The first-order valence-electron chi connectivity index (χ1n) is 6.51. The van der Waals surface area contributed by atoms with Crippen LogP contribution < -0.4 is 4.74 Å². The predicted octanol–water partition coefficient (Wildman–Crippen LogP) is 2.72. The normalized spacial score (nSPS) is 13.6. The summed E-state index contributed by atoms with van der Waals surface area (Å²) in [6, 6.07) is 7.05. The number of ether oxygens (including phenoxy) is 1. The van der Waals surface area contributed by atoms with Gasteiger partial charge in [0, 0.05) is 19.0 Å². The van der Waals surface area contributed by atoms with Gasteiger partial charge in [-0.15, -0.1) is 10.2 Å². The summed E-state index contributed by atoms with van der Waals surface area (Å²) in [5.74, 6) is 2.50. The Labute approximate surface area is 121 Å². The minimum Gasteiger partial charge on any atom is -0.486 e. The molecule has 1 aromatic carbocycles. The van der Waals surface area contributed by atoms with Crippen LogP contribution in [0.4, 0.5) is 0 Å². The van der Waals surface area contributed by atoms with E-state index in [1.54, 1.807) is 18.2 Å². The Balaban J connectivity index is 1.72. The number of hydrogen-bond donors (Lipinski definition) is 0. The zero-order chi connectivity index (χ0) is 13.9. The number of nitriles is 1. The van der Waals surface area contributed by atoms with Gasteiger partial charge in [0.1, 0.15) is 24.3 Å². The van der Waals surface area contributed by atoms with E-state index in [-0.39, 0.29) is 0 Å². The lowest BCUT2D eigenvalue weighted by molar-refractivity contribution is 0.286. The van der Waals surface area contributed by atoms with Crippen LogP contribution in [0.3, 0.4) is 0 Å². The average molecular weight is 289 g/mol. The summed E-state index contributed by atoms with van der Waals surface area (Å²) in [6.07, 6.45) is 3.31. The van der Waals surface area contributed by atoms with Crippen LogP contribution in [0.25, 0.3) is 0 Å². The lowest BCUT2D eigenvalue weighted by atomic mass is 10.2. The van der Waals surface area contributed by atoms with Gasteiger partial charge in [0.2, 0.25) is 0 Å². The molecule has 1 aliphatic rings. The van der Waals surface area contributed by atoms with Gasteiger partial charge in [0.25, 0.3) is 0 Å². The van der Waals surface area contributed by atoms with Gasteiger partial charge in [0.05, 0.1) is 10.6 Å². The predicted molar refractivity (Wildman–Crippen MR) is 73.5 cm³/mol. The third-order valence-electron chi connectivity index (χ3n) is 3.37. The minimum atomic E-state index is 0.356. The average Bonchev–Trinajstić information content (AvgIpc) is 2.88. The van der Waals surface area contributed by atoms with Crippen LogP contribution in [-0.2, 0) is 19.6 Å². The molecule has 2 heterocycles. The van der Waals surface area contributed by atoms with E-state index in [4.69, 9.17) is 21.6 Å². The summed E-state index contributed by atoms with van der Waals surface area (Å²) >= 11 is 5.97. The van der Waals surface area contributed by atoms with Crippen molar-refractivity contribution in [1.29, 1.82) is 5.26 Å². The van der Waals surface area contributed by atoms with Crippen LogP contribution >= 0.6 is 11.6 Å². The van der Waals surface area contributed by atoms with Crippen molar-refractivity contribution in [2.75, 3.05) is 0 Å². The molecule has 0 aliphatic carbocycles. The molecular formula is C14H13ClN4O. The number of nitrogens with zero attached hydrogens (tertiary/aromatic N) is 4. The highest BCUT2D eigenvalue weighted by Gasteiger charge is 2.15. The summed E-state index contributed by atoms with van der Waals surface area (Å²) in [4.78, 5) is 0. The highest BCUT2D eigenvalue weighted by molar-refractivity contribution is 6.31. The maximum absolute atomic E-state index is 8.82.